The molecule has 0 bridgehead atoms. The summed E-state index contributed by atoms with van der Waals surface area (Å²) in [6.07, 6.45) is 1.25. The van der Waals surface area contributed by atoms with Crippen molar-refractivity contribution in [1.29, 1.82) is 5.26 Å². The number of primary amides is 1. The van der Waals surface area contributed by atoms with E-state index in [-0.39, 0.29) is 17.9 Å². The van der Waals surface area contributed by atoms with Crippen LogP contribution in [0.3, 0.4) is 0 Å². The number of carbonyl (C=O) groups excluding carboxylic acids is 1. The van der Waals surface area contributed by atoms with Crippen LogP contribution in [0.15, 0.2) is 30.5 Å². The van der Waals surface area contributed by atoms with Gasteiger partial charge in [0.1, 0.15) is 11.4 Å². The number of carbonyl (C=O) groups is 2. The lowest BCUT2D eigenvalue weighted by molar-refractivity contribution is 0.0600. The Morgan fingerprint density at radius 3 is 2.62 bits per heavy atom. The first kappa shape index (κ1) is 23.0. The fourth-order valence-electron chi connectivity index (χ4n) is 4.00. The van der Waals surface area contributed by atoms with Crippen molar-refractivity contribution in [2.45, 2.75) is 24.9 Å². The summed E-state index contributed by atoms with van der Waals surface area (Å²) in [6, 6.07) is 6.84. The molecular weight excluding hydrogens is 417 g/mol. The van der Waals surface area contributed by atoms with Gasteiger partial charge in [-0.1, -0.05) is 0 Å². The van der Waals surface area contributed by atoms with E-state index < -0.39 is 35.8 Å². The SMILES string of the molecule is CN(C)CCC1C(C#N)C(n2cc(C(N)=O)c(Nc3ccc(F)cc3)n2)CCN1C(=O)O. The van der Waals surface area contributed by atoms with Gasteiger partial charge in [0.15, 0.2) is 5.82 Å². The summed E-state index contributed by atoms with van der Waals surface area (Å²) in [5.41, 5.74) is 6.16. The molecule has 0 saturated carbocycles. The van der Waals surface area contributed by atoms with Gasteiger partial charge in [0.2, 0.25) is 0 Å². The van der Waals surface area contributed by atoms with Crippen molar-refractivity contribution in [3.63, 3.8) is 0 Å². The summed E-state index contributed by atoms with van der Waals surface area (Å²) in [6.45, 7) is 0.852. The molecule has 32 heavy (non-hydrogen) atoms. The van der Waals surface area contributed by atoms with E-state index in [1.165, 1.54) is 40.0 Å². The highest BCUT2D eigenvalue weighted by atomic mass is 19.1. The Morgan fingerprint density at radius 2 is 2.06 bits per heavy atom. The summed E-state index contributed by atoms with van der Waals surface area (Å²) in [5, 5.41) is 27.0. The van der Waals surface area contributed by atoms with Crippen LogP contribution in [0.25, 0.3) is 0 Å². The van der Waals surface area contributed by atoms with E-state index in [9.17, 15) is 24.3 Å². The van der Waals surface area contributed by atoms with Crippen LogP contribution in [-0.4, -0.2) is 69.9 Å². The number of amides is 2. The van der Waals surface area contributed by atoms with E-state index in [4.69, 9.17) is 5.73 Å². The first-order valence-corrected chi connectivity index (χ1v) is 10.2. The number of hydrogen-bond acceptors (Lipinski definition) is 6. The van der Waals surface area contributed by atoms with Gasteiger partial charge < -0.3 is 26.0 Å². The maximum Gasteiger partial charge on any atom is 0.407 e. The van der Waals surface area contributed by atoms with E-state index in [0.717, 1.165) is 0 Å². The topological polar surface area (TPSA) is 141 Å². The van der Waals surface area contributed by atoms with Gasteiger partial charge in [0.25, 0.3) is 5.91 Å². The minimum atomic E-state index is -1.07. The highest BCUT2D eigenvalue weighted by molar-refractivity contribution is 5.98. The fourth-order valence-corrected chi connectivity index (χ4v) is 4.00. The molecule has 2 amide bonds. The van der Waals surface area contributed by atoms with Crippen LogP contribution in [0.2, 0.25) is 0 Å². The van der Waals surface area contributed by atoms with Crippen molar-refractivity contribution in [2.75, 3.05) is 32.5 Å². The molecule has 1 aromatic heterocycles. The number of aromatic nitrogens is 2. The molecule has 1 aromatic carbocycles. The lowest BCUT2D eigenvalue weighted by Crippen LogP contribution is -2.52. The first-order chi connectivity index (χ1) is 15.2. The van der Waals surface area contributed by atoms with E-state index >= 15 is 0 Å². The third-order valence-corrected chi connectivity index (χ3v) is 5.61. The second kappa shape index (κ2) is 9.65. The molecule has 1 aliphatic heterocycles. The van der Waals surface area contributed by atoms with Crippen molar-refractivity contribution in [3.05, 3.63) is 41.8 Å². The normalized spacial score (nSPS) is 20.7. The van der Waals surface area contributed by atoms with Crippen LogP contribution in [0, 0.1) is 23.1 Å². The van der Waals surface area contributed by atoms with Gasteiger partial charge in [-0.2, -0.15) is 10.4 Å². The lowest BCUT2D eigenvalue weighted by Gasteiger charge is -2.41. The number of anilines is 2. The average molecular weight is 443 g/mol. The largest absolute Gasteiger partial charge is 0.465 e. The van der Waals surface area contributed by atoms with Crippen LogP contribution in [0.5, 0.6) is 0 Å². The quantitative estimate of drug-likeness (QED) is 0.596. The molecule has 3 rings (SSSR count). The summed E-state index contributed by atoms with van der Waals surface area (Å²) in [5.74, 6) is -1.59. The van der Waals surface area contributed by atoms with Gasteiger partial charge in [-0.3, -0.25) is 9.48 Å². The minimum absolute atomic E-state index is 0.122. The fraction of sp³-hybridized carbons (Fsp3) is 0.429. The van der Waals surface area contributed by atoms with Gasteiger partial charge in [-0.05, 0) is 57.7 Å². The van der Waals surface area contributed by atoms with Gasteiger partial charge in [0, 0.05) is 18.4 Å². The molecular formula is C21H26FN7O3. The molecule has 0 spiro atoms. The van der Waals surface area contributed by atoms with Crippen LogP contribution in [-0.2, 0) is 0 Å². The molecule has 1 fully saturated rings. The van der Waals surface area contributed by atoms with E-state index in [2.05, 4.69) is 16.5 Å². The molecule has 170 valence electrons. The van der Waals surface area contributed by atoms with Crippen LogP contribution < -0.4 is 11.1 Å². The number of nitrogens with one attached hydrogen (secondary N) is 1. The zero-order valence-corrected chi connectivity index (χ0v) is 17.9. The van der Waals surface area contributed by atoms with Gasteiger partial charge in [-0.25, -0.2) is 9.18 Å². The van der Waals surface area contributed by atoms with Crippen LogP contribution >= 0.6 is 0 Å². The van der Waals surface area contributed by atoms with Crippen LogP contribution in [0.1, 0.15) is 29.2 Å². The maximum absolute atomic E-state index is 13.2. The summed E-state index contributed by atoms with van der Waals surface area (Å²) < 4.78 is 14.7. The molecule has 2 aromatic rings. The average Bonchev–Trinajstić information content (AvgIpc) is 3.16. The zero-order valence-electron chi connectivity index (χ0n) is 17.9. The number of carboxylic acid groups (broad SMARTS) is 1. The Labute approximate surface area is 185 Å². The molecule has 3 atom stereocenters. The van der Waals surface area contributed by atoms with Crippen LogP contribution in [0.4, 0.5) is 20.7 Å². The highest BCUT2D eigenvalue weighted by Crippen LogP contribution is 2.35. The molecule has 10 nitrogen and oxygen atoms in total. The Bertz CT molecular complexity index is 1020. The molecule has 4 N–H and O–H groups in total. The Hall–Kier alpha value is -3.65. The number of benzene rings is 1. The summed E-state index contributed by atoms with van der Waals surface area (Å²) in [7, 11) is 3.76. The third kappa shape index (κ3) is 4.97. The van der Waals surface area contributed by atoms with E-state index in [0.29, 0.717) is 25.1 Å². The molecule has 3 unspecified atom stereocenters. The zero-order chi connectivity index (χ0) is 23.4. The van der Waals surface area contributed by atoms with E-state index in [1.807, 2.05) is 19.0 Å². The molecule has 1 saturated heterocycles. The predicted molar refractivity (Wildman–Crippen MR) is 115 cm³/mol. The van der Waals surface area contributed by atoms with Crippen molar-refractivity contribution < 1.29 is 19.1 Å². The second-order valence-electron chi connectivity index (χ2n) is 8.01. The lowest BCUT2D eigenvalue weighted by atomic mass is 9.84. The van der Waals surface area contributed by atoms with Gasteiger partial charge in [0.05, 0.1) is 24.1 Å². The number of rotatable bonds is 7. The molecule has 0 aliphatic carbocycles. The maximum atomic E-state index is 13.2. The number of piperidine rings is 1. The van der Waals surface area contributed by atoms with Crippen molar-refractivity contribution >= 4 is 23.5 Å². The number of nitriles is 1. The van der Waals surface area contributed by atoms with Gasteiger partial charge >= 0.3 is 6.09 Å². The predicted octanol–water partition coefficient (Wildman–Crippen LogP) is 2.25. The Balaban J connectivity index is 1.93. The molecule has 0 radical (unpaired) electrons. The van der Waals surface area contributed by atoms with Crippen molar-refractivity contribution in [2.24, 2.45) is 11.7 Å². The first-order valence-electron chi connectivity index (χ1n) is 10.2. The second-order valence-corrected chi connectivity index (χ2v) is 8.01. The number of likely N-dealkylation sites (tertiary alicyclic amines) is 1. The number of nitrogens with zero attached hydrogens (tertiary/aromatic N) is 5. The van der Waals surface area contributed by atoms with Gasteiger partial charge in [-0.15, -0.1) is 0 Å². The monoisotopic (exact) mass is 443 g/mol. The molecule has 11 heteroatoms. The molecule has 2 heterocycles. The standard InChI is InChI=1S/C21H26FN7O3/c1-27(2)9-7-17-15(11-23)18(8-10-28(17)21(31)32)29-12-16(19(24)30)20(26-29)25-14-5-3-13(22)4-6-14/h3-6,12,15,17-18H,7-10H2,1-2H3,(H2,24,30)(H,25,26)(H,31,32). The Kier molecular flexibility index (Phi) is 6.95. The summed E-state index contributed by atoms with van der Waals surface area (Å²) in [4.78, 5) is 27.0. The number of halogens is 1. The molecule has 1 aliphatic rings. The van der Waals surface area contributed by atoms with Crippen molar-refractivity contribution in [1.82, 2.24) is 19.6 Å². The third-order valence-electron chi connectivity index (χ3n) is 5.61. The minimum Gasteiger partial charge on any atom is -0.465 e. The smallest absolute Gasteiger partial charge is 0.407 e. The number of hydrogen-bond donors (Lipinski definition) is 3. The van der Waals surface area contributed by atoms with E-state index in [1.54, 1.807) is 0 Å². The highest BCUT2D eigenvalue weighted by Gasteiger charge is 2.42. The summed E-state index contributed by atoms with van der Waals surface area (Å²) >= 11 is 0. The Morgan fingerprint density at radius 1 is 1.38 bits per heavy atom. The number of nitrogens with two attached hydrogens (primary N) is 1. The van der Waals surface area contributed by atoms with Crippen molar-refractivity contribution in [3.8, 4) is 6.07 Å².